The molecule has 0 rings (SSSR count). The van der Waals surface area contributed by atoms with E-state index in [1.54, 1.807) is 11.8 Å². The highest BCUT2D eigenvalue weighted by Gasteiger charge is 2.05. The predicted molar refractivity (Wildman–Crippen MR) is 47.0 cm³/mol. The molecule has 0 spiro atoms. The molecule has 0 N–H and O–H groups in total. The van der Waals surface area contributed by atoms with Gasteiger partial charge in [0.25, 0.3) is 0 Å². The second-order valence-corrected chi connectivity index (χ2v) is 3.96. The van der Waals surface area contributed by atoms with Crippen molar-refractivity contribution in [1.82, 2.24) is 0 Å². The van der Waals surface area contributed by atoms with Crippen LogP contribution < -0.4 is 0 Å². The van der Waals surface area contributed by atoms with Crippen molar-refractivity contribution in [3.8, 4) is 0 Å². The van der Waals surface area contributed by atoms with E-state index >= 15 is 0 Å². The summed E-state index contributed by atoms with van der Waals surface area (Å²) in [5.74, 6) is 1.08. The first-order valence-corrected chi connectivity index (χ1v) is 5.09. The Morgan fingerprint density at radius 1 is 1.40 bits per heavy atom. The third-order valence-electron chi connectivity index (χ3n) is 1.47. The van der Waals surface area contributed by atoms with Gasteiger partial charge < -0.3 is 0 Å². The van der Waals surface area contributed by atoms with Crippen molar-refractivity contribution in [2.24, 2.45) is 0 Å². The van der Waals surface area contributed by atoms with Gasteiger partial charge in [-0.05, 0) is 12.2 Å². The van der Waals surface area contributed by atoms with Crippen molar-refractivity contribution >= 4 is 11.8 Å². The molecule has 10 heavy (non-hydrogen) atoms. The van der Waals surface area contributed by atoms with E-state index in [1.165, 1.54) is 12.8 Å². The molecule has 0 heterocycles. The summed E-state index contributed by atoms with van der Waals surface area (Å²) in [7, 11) is 0. The fourth-order valence-electron chi connectivity index (χ4n) is 0.882. The first-order valence-electron chi connectivity index (χ1n) is 4.04. The summed E-state index contributed by atoms with van der Waals surface area (Å²) in [4.78, 5) is 0. The minimum atomic E-state index is 0.0957. The molecule has 0 aliphatic carbocycles. The average molecular weight is 161 g/mol. The van der Waals surface area contributed by atoms with Gasteiger partial charge in [-0.1, -0.05) is 26.7 Å². The first kappa shape index (κ1) is 10.3. The molecular weight excluding hydrogens is 144 g/mol. The van der Waals surface area contributed by atoms with Gasteiger partial charge in [0.2, 0.25) is 0 Å². The fourth-order valence-corrected chi connectivity index (χ4v) is 1.78. The maximum absolute atomic E-state index is 10.5. The highest BCUT2D eigenvalue weighted by Crippen LogP contribution is 2.15. The van der Waals surface area contributed by atoms with Crippen LogP contribution in [0.2, 0.25) is 0 Å². The molecule has 1 unspecified atom stereocenters. The van der Waals surface area contributed by atoms with Crippen molar-refractivity contribution in [2.75, 3.05) is 12.4 Å². The molecule has 0 bridgehead atoms. The molecule has 0 saturated heterocycles. The molecule has 0 saturated carbocycles. The Bertz CT molecular complexity index is 66.3. The van der Waals surface area contributed by atoms with E-state index in [2.05, 4.69) is 13.8 Å². The van der Waals surface area contributed by atoms with Crippen LogP contribution in [0.5, 0.6) is 0 Å². The van der Waals surface area contributed by atoms with E-state index in [0.29, 0.717) is 5.25 Å². The monoisotopic (exact) mass is 161 g/mol. The Hall–Kier alpha value is 0.310. The van der Waals surface area contributed by atoms with Gasteiger partial charge in [0.15, 0.2) is 0 Å². The zero-order valence-electron chi connectivity index (χ0n) is 6.93. The predicted octanol–water partition coefficient (Wildman–Crippen LogP) is 2.73. The van der Waals surface area contributed by atoms with Gasteiger partial charge in [-0.15, -0.1) is 0 Å². The largest absolute Gasteiger partial charge is 0.236 e. The Kier molecular flexibility index (Phi) is 7.65. The Labute approximate surface area is 68.2 Å². The summed E-state index contributed by atoms with van der Waals surface area (Å²) in [5.41, 5.74) is 0. The smallest absolute Gasteiger partial charge is 0.0940 e. The molecule has 1 atom stereocenters. The molecule has 0 aromatic carbocycles. The van der Waals surface area contributed by atoms with Crippen molar-refractivity contribution < 1.29 is 5.11 Å². The SMILES string of the molecule is CCCCC(C[O])SCC. The minimum absolute atomic E-state index is 0.0957. The van der Waals surface area contributed by atoms with Crippen LogP contribution in [0.4, 0.5) is 0 Å². The van der Waals surface area contributed by atoms with Crippen molar-refractivity contribution in [3.63, 3.8) is 0 Å². The molecule has 0 aliphatic rings. The Morgan fingerprint density at radius 3 is 2.50 bits per heavy atom. The van der Waals surface area contributed by atoms with Gasteiger partial charge in [-0.3, -0.25) is 0 Å². The third kappa shape index (κ3) is 5.12. The van der Waals surface area contributed by atoms with Gasteiger partial charge >= 0.3 is 0 Å². The molecule has 61 valence electrons. The third-order valence-corrected chi connectivity index (χ3v) is 2.64. The van der Waals surface area contributed by atoms with Crippen LogP contribution in [0.15, 0.2) is 0 Å². The van der Waals surface area contributed by atoms with Crippen molar-refractivity contribution in [1.29, 1.82) is 0 Å². The summed E-state index contributed by atoms with van der Waals surface area (Å²) in [5, 5.41) is 10.9. The lowest BCUT2D eigenvalue weighted by Crippen LogP contribution is -2.07. The number of unbranched alkanes of at least 4 members (excludes halogenated alkanes) is 1. The lowest BCUT2D eigenvalue weighted by molar-refractivity contribution is 0.191. The van der Waals surface area contributed by atoms with E-state index in [1.807, 2.05) is 0 Å². The highest BCUT2D eigenvalue weighted by molar-refractivity contribution is 7.99. The summed E-state index contributed by atoms with van der Waals surface area (Å²) in [6, 6.07) is 0. The summed E-state index contributed by atoms with van der Waals surface area (Å²) < 4.78 is 0. The molecule has 2 heteroatoms. The Morgan fingerprint density at radius 2 is 2.10 bits per heavy atom. The normalized spacial score (nSPS) is 13.5. The fraction of sp³-hybridized carbons (Fsp3) is 1.00. The van der Waals surface area contributed by atoms with Gasteiger partial charge in [0.1, 0.15) is 0 Å². The second kappa shape index (κ2) is 7.42. The van der Waals surface area contributed by atoms with Crippen LogP contribution >= 0.6 is 11.8 Å². The van der Waals surface area contributed by atoms with E-state index in [-0.39, 0.29) is 6.61 Å². The van der Waals surface area contributed by atoms with E-state index < -0.39 is 0 Å². The second-order valence-electron chi connectivity index (χ2n) is 2.39. The molecule has 0 amide bonds. The molecule has 1 radical (unpaired) electrons. The van der Waals surface area contributed by atoms with Gasteiger partial charge in [-0.25, -0.2) is 5.11 Å². The highest BCUT2D eigenvalue weighted by atomic mass is 32.2. The summed E-state index contributed by atoms with van der Waals surface area (Å²) >= 11 is 1.80. The summed E-state index contributed by atoms with van der Waals surface area (Å²) in [6.07, 6.45) is 3.53. The van der Waals surface area contributed by atoms with Crippen LogP contribution in [0.25, 0.3) is 0 Å². The maximum atomic E-state index is 10.5. The zero-order chi connectivity index (χ0) is 7.82. The van der Waals surface area contributed by atoms with Crippen molar-refractivity contribution in [2.45, 2.75) is 38.4 Å². The van der Waals surface area contributed by atoms with Gasteiger partial charge in [0.05, 0.1) is 6.61 Å². The molecule has 0 fully saturated rings. The van der Waals surface area contributed by atoms with Crippen LogP contribution in [0.1, 0.15) is 33.1 Å². The lowest BCUT2D eigenvalue weighted by Gasteiger charge is -2.09. The number of hydrogen-bond acceptors (Lipinski definition) is 1. The molecule has 0 aromatic heterocycles. The maximum Gasteiger partial charge on any atom is 0.0940 e. The molecule has 0 aromatic rings. The standard InChI is InChI=1S/C8H17OS/c1-3-5-6-8(7-9)10-4-2/h8H,3-7H2,1-2H3. The zero-order valence-corrected chi connectivity index (χ0v) is 7.75. The van der Waals surface area contributed by atoms with Crippen LogP contribution in [0.3, 0.4) is 0 Å². The number of rotatable bonds is 6. The lowest BCUT2D eigenvalue weighted by atomic mass is 10.2. The van der Waals surface area contributed by atoms with Gasteiger partial charge in [0, 0.05) is 5.25 Å². The topological polar surface area (TPSA) is 19.9 Å². The van der Waals surface area contributed by atoms with Crippen molar-refractivity contribution in [3.05, 3.63) is 0 Å². The molecule has 1 nitrogen and oxygen atoms in total. The van der Waals surface area contributed by atoms with E-state index in [4.69, 9.17) is 0 Å². The summed E-state index contributed by atoms with van der Waals surface area (Å²) in [6.45, 7) is 4.37. The average Bonchev–Trinajstić information content (AvgIpc) is 1.98. The van der Waals surface area contributed by atoms with Crippen LogP contribution in [0, 0.1) is 0 Å². The van der Waals surface area contributed by atoms with Crippen LogP contribution in [-0.4, -0.2) is 17.6 Å². The number of thioether (sulfide) groups is 1. The van der Waals surface area contributed by atoms with Gasteiger partial charge in [-0.2, -0.15) is 11.8 Å². The van der Waals surface area contributed by atoms with Crippen LogP contribution in [-0.2, 0) is 5.11 Å². The minimum Gasteiger partial charge on any atom is -0.236 e. The Balaban J connectivity index is 3.21. The number of hydrogen-bond donors (Lipinski definition) is 0. The quantitative estimate of drug-likeness (QED) is 0.586. The molecule has 0 aliphatic heterocycles. The molecular formula is C8H17OS. The van der Waals surface area contributed by atoms with E-state index in [9.17, 15) is 5.11 Å². The first-order chi connectivity index (χ1) is 4.85. The van der Waals surface area contributed by atoms with E-state index in [0.717, 1.165) is 12.2 Å².